The van der Waals surface area contributed by atoms with Crippen molar-refractivity contribution in [3.8, 4) is 0 Å². The molecule has 3 rings (SSSR count). The zero-order valence-corrected chi connectivity index (χ0v) is 14.9. The SMILES string of the molecule is CC(C)(C)c1nc2ccc(Cl)c(S(=O)(=O)C3CC[C@H](O)C3)c2o1. The van der Waals surface area contributed by atoms with Crippen molar-refractivity contribution in [3.63, 3.8) is 0 Å². The molecule has 0 spiro atoms. The second-order valence-corrected chi connectivity index (χ2v) is 9.70. The monoisotopic (exact) mass is 357 g/mol. The molecule has 1 aromatic carbocycles. The number of fused-ring (bicyclic) bond motifs is 1. The zero-order chi connectivity index (χ0) is 17.0. The molecular weight excluding hydrogens is 338 g/mol. The molecule has 1 aromatic heterocycles. The van der Waals surface area contributed by atoms with Gasteiger partial charge in [-0.15, -0.1) is 0 Å². The fourth-order valence-electron chi connectivity index (χ4n) is 2.90. The minimum Gasteiger partial charge on any atom is -0.439 e. The number of sulfone groups is 1. The topological polar surface area (TPSA) is 80.4 Å². The zero-order valence-electron chi connectivity index (χ0n) is 13.3. The van der Waals surface area contributed by atoms with E-state index in [1.165, 1.54) is 6.07 Å². The van der Waals surface area contributed by atoms with Crippen molar-refractivity contribution in [1.29, 1.82) is 0 Å². The maximum absolute atomic E-state index is 13.0. The Bertz CT molecular complexity index is 851. The van der Waals surface area contributed by atoms with Gasteiger partial charge >= 0.3 is 0 Å². The molecule has 23 heavy (non-hydrogen) atoms. The van der Waals surface area contributed by atoms with Crippen LogP contribution in [0, 0.1) is 0 Å². The number of halogens is 1. The van der Waals surface area contributed by atoms with Crippen LogP contribution in [0.1, 0.15) is 45.9 Å². The van der Waals surface area contributed by atoms with Crippen LogP contribution in [0.2, 0.25) is 5.02 Å². The van der Waals surface area contributed by atoms with Crippen LogP contribution in [-0.4, -0.2) is 29.9 Å². The van der Waals surface area contributed by atoms with Crippen molar-refractivity contribution in [2.75, 3.05) is 0 Å². The van der Waals surface area contributed by atoms with Crippen molar-refractivity contribution >= 4 is 32.5 Å². The van der Waals surface area contributed by atoms with Gasteiger partial charge in [-0.1, -0.05) is 32.4 Å². The molecule has 2 aromatic rings. The summed E-state index contributed by atoms with van der Waals surface area (Å²) in [5.41, 5.74) is 0.357. The van der Waals surface area contributed by atoms with Crippen LogP contribution < -0.4 is 0 Å². The van der Waals surface area contributed by atoms with Crippen LogP contribution in [-0.2, 0) is 15.3 Å². The Morgan fingerprint density at radius 1 is 1.30 bits per heavy atom. The van der Waals surface area contributed by atoms with E-state index in [9.17, 15) is 13.5 Å². The Kier molecular flexibility index (Phi) is 3.98. The van der Waals surface area contributed by atoms with Crippen LogP contribution in [0.3, 0.4) is 0 Å². The smallest absolute Gasteiger partial charge is 0.200 e. The summed E-state index contributed by atoms with van der Waals surface area (Å²) in [5, 5.41) is 9.17. The highest BCUT2D eigenvalue weighted by molar-refractivity contribution is 7.92. The first-order valence-corrected chi connectivity index (χ1v) is 9.54. The van der Waals surface area contributed by atoms with Crippen molar-refractivity contribution in [1.82, 2.24) is 4.98 Å². The minimum atomic E-state index is -3.69. The van der Waals surface area contributed by atoms with Gasteiger partial charge in [-0.05, 0) is 31.4 Å². The second-order valence-electron chi connectivity index (χ2n) is 7.13. The average molecular weight is 358 g/mol. The Balaban J connectivity index is 2.20. The Morgan fingerprint density at radius 2 is 2.00 bits per heavy atom. The summed E-state index contributed by atoms with van der Waals surface area (Å²) in [7, 11) is -3.69. The molecule has 1 aliphatic rings. The first kappa shape index (κ1) is 16.7. The van der Waals surface area contributed by atoms with Crippen molar-refractivity contribution in [2.45, 2.75) is 61.7 Å². The van der Waals surface area contributed by atoms with Crippen LogP contribution >= 0.6 is 11.6 Å². The standard InChI is InChI=1S/C16H20ClNO4S/c1-16(2,3)15-18-12-7-6-11(17)14(13(12)22-15)23(20,21)10-5-4-9(19)8-10/h6-7,9-10,19H,4-5,8H2,1-3H3/t9-,10?/m0/s1. The van der Waals surface area contributed by atoms with Gasteiger partial charge in [0.25, 0.3) is 0 Å². The number of nitrogens with zero attached hydrogens (tertiary/aromatic N) is 1. The number of hydrogen-bond donors (Lipinski definition) is 1. The maximum Gasteiger partial charge on any atom is 0.200 e. The molecule has 1 N–H and O–H groups in total. The number of hydrogen-bond acceptors (Lipinski definition) is 5. The van der Waals surface area contributed by atoms with E-state index in [4.69, 9.17) is 16.0 Å². The summed E-state index contributed by atoms with van der Waals surface area (Å²) in [6.45, 7) is 5.84. The van der Waals surface area contributed by atoms with E-state index in [0.29, 0.717) is 24.2 Å². The molecule has 2 atom stereocenters. The third kappa shape index (κ3) is 2.88. The first-order valence-electron chi connectivity index (χ1n) is 7.62. The highest BCUT2D eigenvalue weighted by Crippen LogP contribution is 2.38. The van der Waals surface area contributed by atoms with Gasteiger partial charge in [-0.3, -0.25) is 0 Å². The van der Waals surface area contributed by atoms with Crippen molar-refractivity contribution in [2.24, 2.45) is 0 Å². The normalized spacial score (nSPS) is 22.8. The number of aliphatic hydroxyl groups excluding tert-OH is 1. The van der Waals surface area contributed by atoms with E-state index >= 15 is 0 Å². The van der Waals surface area contributed by atoms with Gasteiger partial charge < -0.3 is 9.52 Å². The molecule has 0 saturated heterocycles. The molecule has 1 heterocycles. The van der Waals surface area contributed by atoms with Crippen molar-refractivity contribution in [3.05, 3.63) is 23.0 Å². The minimum absolute atomic E-state index is 0.00114. The lowest BCUT2D eigenvalue weighted by Crippen LogP contribution is -2.20. The van der Waals surface area contributed by atoms with Crippen molar-refractivity contribution < 1.29 is 17.9 Å². The van der Waals surface area contributed by atoms with Crippen LogP contribution in [0.5, 0.6) is 0 Å². The summed E-state index contributed by atoms with van der Waals surface area (Å²) >= 11 is 6.20. The molecule has 0 bridgehead atoms. The summed E-state index contributed by atoms with van der Waals surface area (Å²) in [6.07, 6.45) is 0.569. The predicted molar refractivity (Wildman–Crippen MR) is 88.6 cm³/mol. The van der Waals surface area contributed by atoms with Gasteiger partial charge in [0.05, 0.1) is 16.4 Å². The van der Waals surface area contributed by atoms with Gasteiger partial charge in [0.15, 0.2) is 15.4 Å². The molecule has 1 unspecified atom stereocenters. The Morgan fingerprint density at radius 3 is 2.57 bits per heavy atom. The molecule has 1 aliphatic carbocycles. The van der Waals surface area contributed by atoms with Gasteiger partial charge in [-0.2, -0.15) is 0 Å². The van der Waals surface area contributed by atoms with E-state index < -0.39 is 21.2 Å². The van der Waals surface area contributed by atoms with E-state index in [1.807, 2.05) is 20.8 Å². The fourth-order valence-corrected chi connectivity index (χ4v) is 5.37. The summed E-state index contributed by atoms with van der Waals surface area (Å²) < 4.78 is 31.8. The van der Waals surface area contributed by atoms with E-state index in [2.05, 4.69) is 4.98 Å². The van der Waals surface area contributed by atoms with Gasteiger partial charge in [-0.25, -0.2) is 13.4 Å². The molecular formula is C16H20ClNO4S. The molecule has 126 valence electrons. The number of aromatic nitrogens is 1. The van der Waals surface area contributed by atoms with E-state index in [1.54, 1.807) is 6.07 Å². The quantitative estimate of drug-likeness (QED) is 0.890. The fraction of sp³-hybridized carbons (Fsp3) is 0.562. The number of rotatable bonds is 2. The average Bonchev–Trinajstić information content (AvgIpc) is 3.03. The summed E-state index contributed by atoms with van der Waals surface area (Å²) in [5.74, 6) is 0.470. The van der Waals surface area contributed by atoms with Crippen LogP contribution in [0.15, 0.2) is 21.4 Å². The Hall–Kier alpha value is -1.11. The molecule has 1 saturated carbocycles. The van der Waals surface area contributed by atoms with E-state index in [0.717, 1.165) is 0 Å². The molecule has 5 nitrogen and oxygen atoms in total. The number of benzene rings is 1. The number of aliphatic hydroxyl groups is 1. The highest BCUT2D eigenvalue weighted by Gasteiger charge is 2.38. The Labute approximate surface area is 140 Å². The van der Waals surface area contributed by atoms with Gasteiger partial charge in [0.2, 0.25) is 5.89 Å². The third-order valence-corrected chi connectivity index (χ3v) is 6.89. The van der Waals surface area contributed by atoms with Gasteiger partial charge in [0, 0.05) is 5.41 Å². The molecule has 0 amide bonds. The maximum atomic E-state index is 13.0. The lowest BCUT2D eigenvalue weighted by molar-refractivity contribution is 0.183. The van der Waals surface area contributed by atoms with Crippen LogP contribution in [0.4, 0.5) is 0 Å². The molecule has 0 aliphatic heterocycles. The van der Waals surface area contributed by atoms with Crippen LogP contribution in [0.25, 0.3) is 11.1 Å². The predicted octanol–water partition coefficient (Wildman–Crippen LogP) is 3.47. The van der Waals surface area contributed by atoms with E-state index in [-0.39, 0.29) is 27.3 Å². The molecule has 0 radical (unpaired) electrons. The lowest BCUT2D eigenvalue weighted by atomic mass is 9.97. The third-order valence-electron chi connectivity index (χ3n) is 4.19. The molecule has 7 heteroatoms. The summed E-state index contributed by atoms with van der Waals surface area (Å²) in [4.78, 5) is 4.40. The molecule has 1 fully saturated rings. The largest absolute Gasteiger partial charge is 0.439 e. The number of oxazole rings is 1. The van der Waals surface area contributed by atoms with Gasteiger partial charge in [0.1, 0.15) is 10.4 Å². The second kappa shape index (κ2) is 5.46. The first-order chi connectivity index (χ1) is 10.6. The summed E-state index contributed by atoms with van der Waals surface area (Å²) in [6, 6.07) is 3.20. The highest BCUT2D eigenvalue weighted by atomic mass is 35.5. The lowest BCUT2D eigenvalue weighted by Gasteiger charge is -2.13.